The van der Waals surface area contributed by atoms with Crippen LogP contribution in [-0.2, 0) is 22.6 Å². The monoisotopic (exact) mass is 480 g/mol. The van der Waals surface area contributed by atoms with E-state index in [0.29, 0.717) is 20.6 Å². The lowest BCUT2D eigenvalue weighted by Crippen LogP contribution is -2.50. The molecule has 0 aromatic heterocycles. The zero-order valence-corrected chi connectivity index (χ0v) is 19.8. The molecule has 1 N–H and O–H groups in total. The standard InChI is InChI=1S/C24H27Cl3N2O2/c1-16(24(31)28-19-6-3-2-4-7-19)29(15-20-21(26)8-5-9-22(20)27)23(30)14-17-10-12-18(25)13-11-17/h5,8-13,16,19H,2-4,6-7,14-15H2,1H3,(H,28,31)/t16-/m1/s1. The van der Waals surface area contributed by atoms with Gasteiger partial charge in [0.2, 0.25) is 11.8 Å². The van der Waals surface area contributed by atoms with Crippen LogP contribution in [0.4, 0.5) is 0 Å². The molecule has 3 rings (SSSR count). The summed E-state index contributed by atoms with van der Waals surface area (Å²) in [5, 5.41) is 4.67. The van der Waals surface area contributed by atoms with Crippen molar-refractivity contribution in [1.82, 2.24) is 10.2 Å². The molecular weight excluding hydrogens is 455 g/mol. The third kappa shape index (κ3) is 6.61. The van der Waals surface area contributed by atoms with Crippen molar-refractivity contribution in [1.29, 1.82) is 0 Å². The largest absolute Gasteiger partial charge is 0.352 e. The van der Waals surface area contributed by atoms with Crippen LogP contribution in [0, 0.1) is 0 Å². The Morgan fingerprint density at radius 3 is 2.23 bits per heavy atom. The number of carbonyl (C=O) groups excluding carboxylic acids is 2. The van der Waals surface area contributed by atoms with Crippen LogP contribution in [0.15, 0.2) is 42.5 Å². The quantitative estimate of drug-likeness (QED) is 0.523. The summed E-state index contributed by atoms with van der Waals surface area (Å²) in [6, 6.07) is 11.9. The van der Waals surface area contributed by atoms with Gasteiger partial charge in [0.1, 0.15) is 6.04 Å². The molecule has 7 heteroatoms. The summed E-state index contributed by atoms with van der Waals surface area (Å²) in [7, 11) is 0. The van der Waals surface area contributed by atoms with Crippen molar-refractivity contribution in [3.8, 4) is 0 Å². The zero-order valence-electron chi connectivity index (χ0n) is 17.5. The van der Waals surface area contributed by atoms with Crippen LogP contribution in [0.3, 0.4) is 0 Å². The van der Waals surface area contributed by atoms with Gasteiger partial charge in [0.05, 0.1) is 6.42 Å². The van der Waals surface area contributed by atoms with Gasteiger partial charge in [-0.05, 0) is 49.6 Å². The molecule has 1 aliphatic rings. The molecule has 0 saturated heterocycles. The summed E-state index contributed by atoms with van der Waals surface area (Å²) in [6.45, 7) is 1.91. The molecule has 0 radical (unpaired) electrons. The van der Waals surface area contributed by atoms with E-state index in [1.807, 2.05) is 12.1 Å². The topological polar surface area (TPSA) is 49.4 Å². The highest BCUT2D eigenvalue weighted by Gasteiger charge is 2.29. The van der Waals surface area contributed by atoms with Crippen LogP contribution in [0.1, 0.15) is 50.2 Å². The highest BCUT2D eigenvalue weighted by Crippen LogP contribution is 2.27. The Morgan fingerprint density at radius 2 is 1.61 bits per heavy atom. The van der Waals surface area contributed by atoms with Crippen LogP contribution < -0.4 is 5.32 Å². The van der Waals surface area contributed by atoms with Crippen LogP contribution in [0.5, 0.6) is 0 Å². The zero-order chi connectivity index (χ0) is 22.4. The molecule has 166 valence electrons. The molecular formula is C24H27Cl3N2O2. The van der Waals surface area contributed by atoms with Crippen LogP contribution in [0.25, 0.3) is 0 Å². The second-order valence-corrected chi connectivity index (χ2v) is 9.30. The predicted octanol–water partition coefficient (Wildman–Crippen LogP) is 6.06. The van der Waals surface area contributed by atoms with Crippen LogP contribution >= 0.6 is 34.8 Å². The van der Waals surface area contributed by atoms with E-state index in [2.05, 4.69) is 5.32 Å². The fourth-order valence-electron chi connectivity index (χ4n) is 3.88. The van der Waals surface area contributed by atoms with Gasteiger partial charge in [-0.2, -0.15) is 0 Å². The summed E-state index contributed by atoms with van der Waals surface area (Å²) in [5.41, 5.74) is 1.46. The Kier molecular flexibility index (Phi) is 8.65. The minimum atomic E-state index is -0.658. The predicted molar refractivity (Wildman–Crippen MR) is 127 cm³/mol. The Morgan fingerprint density at radius 1 is 1.00 bits per heavy atom. The minimum Gasteiger partial charge on any atom is -0.352 e. The Balaban J connectivity index is 1.80. The van der Waals surface area contributed by atoms with Crippen LogP contribution in [-0.4, -0.2) is 28.8 Å². The Hall–Kier alpha value is -1.75. The average molecular weight is 482 g/mol. The van der Waals surface area contributed by atoms with E-state index in [-0.39, 0.29) is 30.8 Å². The molecule has 4 nitrogen and oxygen atoms in total. The fraction of sp³-hybridized carbons (Fsp3) is 0.417. The van der Waals surface area contributed by atoms with Gasteiger partial charge in [-0.15, -0.1) is 0 Å². The summed E-state index contributed by atoms with van der Waals surface area (Å²) < 4.78 is 0. The van der Waals surface area contributed by atoms with Gasteiger partial charge >= 0.3 is 0 Å². The summed E-state index contributed by atoms with van der Waals surface area (Å²) in [5.74, 6) is -0.330. The van der Waals surface area contributed by atoms with Crippen molar-refractivity contribution in [3.63, 3.8) is 0 Å². The molecule has 31 heavy (non-hydrogen) atoms. The normalized spacial score (nSPS) is 15.4. The number of hydrogen-bond acceptors (Lipinski definition) is 2. The molecule has 0 bridgehead atoms. The van der Waals surface area contributed by atoms with Crippen LogP contribution in [0.2, 0.25) is 15.1 Å². The van der Waals surface area contributed by atoms with E-state index >= 15 is 0 Å². The molecule has 1 atom stereocenters. The van der Waals surface area contributed by atoms with Gasteiger partial charge in [-0.1, -0.05) is 72.3 Å². The van der Waals surface area contributed by atoms with Crippen molar-refractivity contribution in [2.45, 2.75) is 64.1 Å². The third-order valence-electron chi connectivity index (χ3n) is 5.78. The summed E-state index contributed by atoms with van der Waals surface area (Å²) >= 11 is 18.7. The van der Waals surface area contributed by atoms with Crippen molar-refractivity contribution >= 4 is 46.6 Å². The van der Waals surface area contributed by atoms with E-state index in [1.54, 1.807) is 42.2 Å². The first kappa shape index (κ1) is 23.9. The third-order valence-corrected chi connectivity index (χ3v) is 6.74. The molecule has 2 aromatic rings. The van der Waals surface area contributed by atoms with E-state index < -0.39 is 6.04 Å². The van der Waals surface area contributed by atoms with E-state index in [1.165, 1.54) is 6.42 Å². The van der Waals surface area contributed by atoms with Gasteiger partial charge in [-0.25, -0.2) is 0 Å². The number of nitrogens with one attached hydrogen (secondary N) is 1. The van der Waals surface area contributed by atoms with Gasteiger partial charge in [-0.3, -0.25) is 9.59 Å². The number of amides is 2. The number of carbonyl (C=O) groups is 2. The number of hydrogen-bond donors (Lipinski definition) is 1. The number of nitrogens with zero attached hydrogens (tertiary/aromatic N) is 1. The molecule has 0 aliphatic heterocycles. The minimum absolute atomic E-state index is 0.153. The van der Waals surface area contributed by atoms with Crippen molar-refractivity contribution < 1.29 is 9.59 Å². The molecule has 1 saturated carbocycles. The van der Waals surface area contributed by atoms with Crippen molar-refractivity contribution in [2.24, 2.45) is 0 Å². The molecule has 1 aliphatic carbocycles. The first-order valence-electron chi connectivity index (χ1n) is 10.6. The maximum absolute atomic E-state index is 13.3. The molecule has 2 amide bonds. The number of halogens is 3. The van der Waals surface area contributed by atoms with Gasteiger partial charge in [0.25, 0.3) is 0 Å². The fourth-order valence-corrected chi connectivity index (χ4v) is 4.53. The molecule has 0 unspecified atom stereocenters. The lowest BCUT2D eigenvalue weighted by atomic mass is 9.95. The first-order valence-corrected chi connectivity index (χ1v) is 11.8. The second-order valence-electron chi connectivity index (χ2n) is 8.04. The molecule has 1 fully saturated rings. The average Bonchev–Trinajstić information content (AvgIpc) is 2.75. The van der Waals surface area contributed by atoms with Crippen molar-refractivity contribution in [2.75, 3.05) is 0 Å². The summed E-state index contributed by atoms with van der Waals surface area (Å²) in [6.07, 6.45) is 5.56. The van der Waals surface area contributed by atoms with E-state index in [9.17, 15) is 9.59 Å². The van der Waals surface area contributed by atoms with Gasteiger partial charge < -0.3 is 10.2 Å². The molecule has 2 aromatic carbocycles. The highest BCUT2D eigenvalue weighted by atomic mass is 35.5. The lowest BCUT2D eigenvalue weighted by molar-refractivity contribution is -0.140. The highest BCUT2D eigenvalue weighted by molar-refractivity contribution is 6.36. The second kappa shape index (κ2) is 11.2. The molecule has 0 heterocycles. The number of benzene rings is 2. The Bertz CT molecular complexity index is 891. The van der Waals surface area contributed by atoms with Gasteiger partial charge in [0, 0.05) is 33.2 Å². The van der Waals surface area contributed by atoms with E-state index in [0.717, 1.165) is 31.2 Å². The maximum Gasteiger partial charge on any atom is 0.242 e. The lowest BCUT2D eigenvalue weighted by Gasteiger charge is -2.31. The first-order chi connectivity index (χ1) is 14.8. The van der Waals surface area contributed by atoms with Gasteiger partial charge in [0.15, 0.2) is 0 Å². The number of rotatable bonds is 7. The SMILES string of the molecule is C[C@H](C(=O)NC1CCCCC1)N(Cc1c(Cl)cccc1Cl)C(=O)Cc1ccc(Cl)cc1. The molecule has 0 spiro atoms. The van der Waals surface area contributed by atoms with E-state index in [4.69, 9.17) is 34.8 Å². The van der Waals surface area contributed by atoms with Crippen molar-refractivity contribution in [3.05, 3.63) is 68.7 Å². The Labute approximate surface area is 198 Å². The maximum atomic E-state index is 13.3. The summed E-state index contributed by atoms with van der Waals surface area (Å²) in [4.78, 5) is 27.9. The smallest absolute Gasteiger partial charge is 0.242 e.